The van der Waals surface area contributed by atoms with Crippen LogP contribution < -0.4 is 0 Å². The number of rotatable bonds is 3. The van der Waals surface area contributed by atoms with Crippen LogP contribution in [0.15, 0.2) is 0 Å². The van der Waals surface area contributed by atoms with Crippen molar-refractivity contribution in [2.45, 2.75) is 71.2 Å². The van der Waals surface area contributed by atoms with Gasteiger partial charge in [0.1, 0.15) is 0 Å². The fraction of sp³-hybridized carbons (Fsp3) is 1.00. The third kappa shape index (κ3) is 3.80. The van der Waals surface area contributed by atoms with Crippen LogP contribution in [-0.4, -0.2) is 26.1 Å². The lowest BCUT2D eigenvalue weighted by Crippen LogP contribution is -2.47. The first kappa shape index (κ1) is 15.2. The first-order valence-corrected chi connectivity index (χ1v) is 9.87. The summed E-state index contributed by atoms with van der Waals surface area (Å²) in [6.07, 6.45) is 3.77. The van der Waals surface area contributed by atoms with Crippen molar-refractivity contribution in [3.05, 3.63) is 0 Å². The van der Waals surface area contributed by atoms with E-state index < -0.39 is 8.32 Å². The molecule has 102 valence electrons. The number of aliphatic hydroxyl groups is 1. The molecule has 1 saturated carbocycles. The molecule has 1 N–H and O–H groups in total. The summed E-state index contributed by atoms with van der Waals surface area (Å²) in [4.78, 5) is 0. The predicted molar refractivity (Wildman–Crippen MR) is 75.7 cm³/mol. The van der Waals surface area contributed by atoms with E-state index in [0.717, 1.165) is 18.8 Å². The van der Waals surface area contributed by atoms with Gasteiger partial charge in [-0.25, -0.2) is 0 Å². The lowest BCUT2D eigenvalue weighted by molar-refractivity contribution is 0.0273. The molecule has 0 amide bonds. The summed E-state index contributed by atoms with van der Waals surface area (Å²) in [6, 6.07) is 0. The van der Waals surface area contributed by atoms with Gasteiger partial charge in [-0.2, -0.15) is 0 Å². The van der Waals surface area contributed by atoms with Gasteiger partial charge in [0.25, 0.3) is 0 Å². The van der Waals surface area contributed by atoms with Gasteiger partial charge >= 0.3 is 0 Å². The number of aliphatic hydroxyl groups excluding tert-OH is 1. The lowest BCUT2D eigenvalue weighted by atomic mass is 9.81. The van der Waals surface area contributed by atoms with Crippen molar-refractivity contribution in [2.24, 2.45) is 11.8 Å². The Morgan fingerprint density at radius 1 is 1.24 bits per heavy atom. The summed E-state index contributed by atoms with van der Waals surface area (Å²) >= 11 is 0. The topological polar surface area (TPSA) is 29.5 Å². The molecule has 0 spiro atoms. The van der Waals surface area contributed by atoms with Gasteiger partial charge in [-0.15, -0.1) is 0 Å². The molecule has 0 heterocycles. The second-order valence-corrected chi connectivity index (χ2v) is 12.0. The summed E-state index contributed by atoms with van der Waals surface area (Å²) < 4.78 is 6.50. The second kappa shape index (κ2) is 5.41. The highest BCUT2D eigenvalue weighted by Crippen LogP contribution is 2.41. The third-order valence-electron chi connectivity index (χ3n) is 4.68. The Hall–Kier alpha value is 0.137. The van der Waals surface area contributed by atoms with E-state index in [4.69, 9.17) is 4.43 Å². The Balaban J connectivity index is 2.70. The zero-order valence-corrected chi connectivity index (χ0v) is 13.4. The molecule has 3 atom stereocenters. The van der Waals surface area contributed by atoms with E-state index in [0.29, 0.717) is 5.92 Å². The molecule has 2 nitrogen and oxygen atoms in total. The van der Waals surface area contributed by atoms with E-state index >= 15 is 0 Å². The number of hydrogen-bond donors (Lipinski definition) is 1. The minimum Gasteiger partial charge on any atom is -0.414 e. The Morgan fingerprint density at radius 2 is 1.82 bits per heavy atom. The molecule has 0 aromatic heterocycles. The molecule has 0 bridgehead atoms. The Morgan fingerprint density at radius 3 is 2.29 bits per heavy atom. The van der Waals surface area contributed by atoms with Crippen molar-refractivity contribution >= 4 is 8.32 Å². The van der Waals surface area contributed by atoms with Crippen molar-refractivity contribution < 1.29 is 9.53 Å². The van der Waals surface area contributed by atoms with Crippen LogP contribution in [0.3, 0.4) is 0 Å². The van der Waals surface area contributed by atoms with Crippen LogP contribution >= 0.6 is 0 Å². The average Bonchev–Trinajstić information content (AvgIpc) is 2.15. The molecular formula is C14H30O2Si. The van der Waals surface area contributed by atoms with E-state index in [9.17, 15) is 5.11 Å². The molecule has 3 heteroatoms. The van der Waals surface area contributed by atoms with Gasteiger partial charge in [0.05, 0.1) is 6.10 Å². The van der Waals surface area contributed by atoms with Crippen molar-refractivity contribution in [1.29, 1.82) is 0 Å². The van der Waals surface area contributed by atoms with Gasteiger partial charge < -0.3 is 9.53 Å². The molecule has 0 aliphatic heterocycles. The highest BCUT2D eigenvalue weighted by Gasteiger charge is 2.41. The van der Waals surface area contributed by atoms with Gasteiger partial charge in [0.15, 0.2) is 8.32 Å². The van der Waals surface area contributed by atoms with E-state index in [1.807, 2.05) is 0 Å². The molecule has 17 heavy (non-hydrogen) atoms. The highest BCUT2D eigenvalue weighted by molar-refractivity contribution is 6.74. The summed E-state index contributed by atoms with van der Waals surface area (Å²) in [5.74, 6) is 1.10. The molecule has 0 unspecified atom stereocenters. The van der Waals surface area contributed by atoms with Crippen LogP contribution in [-0.2, 0) is 4.43 Å². The largest absolute Gasteiger partial charge is 0.414 e. The van der Waals surface area contributed by atoms with Gasteiger partial charge in [0.2, 0.25) is 0 Å². The molecule has 0 radical (unpaired) electrons. The first-order chi connectivity index (χ1) is 7.67. The maximum atomic E-state index is 9.48. The maximum absolute atomic E-state index is 9.48. The quantitative estimate of drug-likeness (QED) is 0.780. The van der Waals surface area contributed by atoms with E-state index in [1.54, 1.807) is 0 Å². The molecule has 0 aromatic rings. The highest BCUT2D eigenvalue weighted by atomic mass is 28.4. The summed E-state index contributed by atoms with van der Waals surface area (Å²) in [5.41, 5.74) is 0. The summed E-state index contributed by atoms with van der Waals surface area (Å²) in [6.45, 7) is 14.0. The van der Waals surface area contributed by atoms with Crippen LogP contribution in [0.2, 0.25) is 18.1 Å². The van der Waals surface area contributed by atoms with Crippen molar-refractivity contribution in [3.8, 4) is 0 Å². The van der Waals surface area contributed by atoms with E-state index in [-0.39, 0.29) is 17.7 Å². The summed E-state index contributed by atoms with van der Waals surface area (Å²) in [7, 11) is -1.69. The minimum absolute atomic E-state index is 0.258. The molecule has 0 aromatic carbocycles. The molecule has 1 aliphatic rings. The zero-order valence-electron chi connectivity index (χ0n) is 12.4. The zero-order chi connectivity index (χ0) is 13.3. The van der Waals surface area contributed by atoms with Crippen molar-refractivity contribution in [2.75, 3.05) is 6.61 Å². The SMILES string of the molecule is C[C@@H]1CC[C@H](CO)[C@@H](O[Si](C)(C)C(C)(C)C)C1. The fourth-order valence-electron chi connectivity index (χ4n) is 2.30. The Kier molecular flexibility index (Phi) is 4.84. The minimum atomic E-state index is -1.69. The molecule has 1 rings (SSSR count). The van der Waals surface area contributed by atoms with Crippen molar-refractivity contribution in [3.63, 3.8) is 0 Å². The van der Waals surface area contributed by atoms with E-state index in [2.05, 4.69) is 40.8 Å². The standard InChI is InChI=1S/C14H30O2Si/c1-11-7-8-12(10-15)13(9-11)16-17(5,6)14(2,3)4/h11-13,15H,7-10H2,1-6H3/t11-,12-,13+/m1/s1. The Labute approximate surface area is 108 Å². The Bertz CT molecular complexity index is 245. The third-order valence-corrected chi connectivity index (χ3v) is 9.18. The monoisotopic (exact) mass is 258 g/mol. The lowest BCUT2D eigenvalue weighted by Gasteiger charge is -2.43. The molecular weight excluding hydrogens is 228 g/mol. The molecule has 1 fully saturated rings. The van der Waals surface area contributed by atoms with Crippen LogP contribution in [0.4, 0.5) is 0 Å². The van der Waals surface area contributed by atoms with Gasteiger partial charge in [-0.05, 0) is 36.9 Å². The van der Waals surface area contributed by atoms with Crippen LogP contribution in [0.5, 0.6) is 0 Å². The fourth-order valence-corrected chi connectivity index (χ4v) is 3.70. The van der Waals surface area contributed by atoms with E-state index in [1.165, 1.54) is 6.42 Å². The van der Waals surface area contributed by atoms with Crippen molar-refractivity contribution in [1.82, 2.24) is 0 Å². The van der Waals surface area contributed by atoms with Crippen LogP contribution in [0.1, 0.15) is 47.0 Å². The average molecular weight is 258 g/mol. The smallest absolute Gasteiger partial charge is 0.192 e. The van der Waals surface area contributed by atoms with Gasteiger partial charge in [-0.3, -0.25) is 0 Å². The van der Waals surface area contributed by atoms with Crippen LogP contribution in [0.25, 0.3) is 0 Å². The molecule has 0 saturated heterocycles. The van der Waals surface area contributed by atoms with Gasteiger partial charge in [0, 0.05) is 12.5 Å². The first-order valence-electron chi connectivity index (χ1n) is 6.96. The predicted octanol–water partition coefficient (Wildman–Crippen LogP) is 3.81. The number of hydrogen-bond acceptors (Lipinski definition) is 2. The van der Waals surface area contributed by atoms with Crippen LogP contribution in [0, 0.1) is 11.8 Å². The molecule has 1 aliphatic carbocycles. The second-order valence-electron chi connectivity index (χ2n) is 7.28. The normalized spacial score (nSPS) is 31.6. The maximum Gasteiger partial charge on any atom is 0.192 e. The van der Waals surface area contributed by atoms with Gasteiger partial charge in [-0.1, -0.05) is 34.1 Å². The summed E-state index contributed by atoms with van der Waals surface area (Å²) in [5, 5.41) is 9.74.